The lowest BCUT2D eigenvalue weighted by Gasteiger charge is -2.28. The Kier molecular flexibility index (Phi) is 6.08. The van der Waals surface area contributed by atoms with Gasteiger partial charge in [-0.2, -0.15) is 0 Å². The number of hydrogen-bond donors (Lipinski definition) is 1. The molecule has 0 aliphatic heterocycles. The lowest BCUT2D eigenvalue weighted by Crippen LogP contribution is -2.24. The maximum atomic E-state index is 10.8. The fraction of sp³-hybridized carbons (Fsp3) is 0.368. The van der Waals surface area contributed by atoms with Crippen molar-refractivity contribution in [2.24, 2.45) is 0 Å². The van der Waals surface area contributed by atoms with E-state index in [0.717, 1.165) is 15.6 Å². The van der Waals surface area contributed by atoms with Gasteiger partial charge in [0.15, 0.2) is 11.5 Å². The van der Waals surface area contributed by atoms with Gasteiger partial charge in [-0.1, -0.05) is 60.1 Å². The molecule has 0 heterocycles. The quantitative estimate of drug-likeness (QED) is 0.732. The molecule has 0 aliphatic carbocycles. The predicted octanol–water partition coefficient (Wildman–Crippen LogP) is 5.04. The maximum absolute atomic E-state index is 10.8. The Hall–Kier alpha value is -1.52. The molecule has 0 saturated heterocycles. The summed E-state index contributed by atoms with van der Waals surface area (Å²) in [6.07, 6.45) is 1.26. The highest BCUT2D eigenvalue weighted by atomic mass is 79.9. The maximum Gasteiger partial charge on any atom is 0.162 e. The Morgan fingerprint density at radius 2 is 1.70 bits per heavy atom. The second-order valence-corrected chi connectivity index (χ2v) is 6.35. The van der Waals surface area contributed by atoms with Gasteiger partial charge in [-0.05, 0) is 30.5 Å². The molecule has 0 bridgehead atoms. The van der Waals surface area contributed by atoms with Crippen LogP contribution in [0.2, 0.25) is 0 Å². The van der Waals surface area contributed by atoms with Crippen molar-refractivity contribution >= 4 is 15.9 Å². The van der Waals surface area contributed by atoms with Crippen LogP contribution in [-0.2, 0) is 12.2 Å². The molecule has 0 radical (unpaired) electrons. The third-order valence-corrected chi connectivity index (χ3v) is 4.82. The molecule has 0 aromatic heterocycles. The molecule has 0 atom stereocenters. The van der Waals surface area contributed by atoms with Crippen LogP contribution < -0.4 is 9.47 Å². The van der Waals surface area contributed by atoms with Crippen LogP contribution in [0.3, 0.4) is 0 Å². The van der Waals surface area contributed by atoms with Crippen molar-refractivity contribution in [3.8, 4) is 11.5 Å². The van der Waals surface area contributed by atoms with Gasteiger partial charge >= 0.3 is 0 Å². The van der Waals surface area contributed by atoms with Crippen LogP contribution in [0.15, 0.2) is 46.9 Å². The van der Waals surface area contributed by atoms with Gasteiger partial charge in [-0.25, -0.2) is 0 Å². The summed E-state index contributed by atoms with van der Waals surface area (Å²) < 4.78 is 12.2. The molecule has 4 heteroatoms. The Balaban J connectivity index is 2.34. The monoisotopic (exact) mass is 378 g/mol. The summed E-state index contributed by atoms with van der Waals surface area (Å²) in [5.74, 6) is 1.28. The minimum absolute atomic E-state index is 0.453. The molecule has 0 aliphatic rings. The van der Waals surface area contributed by atoms with Crippen LogP contribution in [0.4, 0.5) is 0 Å². The molecule has 23 heavy (non-hydrogen) atoms. The Labute approximate surface area is 146 Å². The van der Waals surface area contributed by atoms with Gasteiger partial charge in [0, 0.05) is 10.0 Å². The van der Waals surface area contributed by atoms with Gasteiger partial charge in [0.25, 0.3) is 0 Å². The molecule has 0 saturated carbocycles. The minimum atomic E-state index is -0.879. The summed E-state index contributed by atoms with van der Waals surface area (Å²) >= 11 is 3.54. The van der Waals surface area contributed by atoms with Crippen LogP contribution in [0.5, 0.6) is 11.5 Å². The summed E-state index contributed by atoms with van der Waals surface area (Å²) in [5, 5.41) is 10.8. The van der Waals surface area contributed by atoms with Crippen molar-refractivity contribution in [2.45, 2.75) is 38.9 Å². The number of rotatable bonds is 7. The molecule has 124 valence electrons. The number of ether oxygens (including phenoxy) is 2. The highest BCUT2D eigenvalue weighted by molar-refractivity contribution is 9.10. The normalized spacial score (nSPS) is 11.3. The zero-order valence-electron chi connectivity index (χ0n) is 13.8. The standard InChI is InChI=1S/C19H23BrO3/c1-4-19(21,5-2)15-11-18(17(22-3)12-16(15)20)23-13-14-9-7-6-8-10-14/h6-12,21H,4-5,13H2,1-3H3. The second-order valence-electron chi connectivity index (χ2n) is 5.50. The van der Waals surface area contributed by atoms with Gasteiger partial charge in [0.05, 0.1) is 12.7 Å². The summed E-state index contributed by atoms with van der Waals surface area (Å²) in [5.41, 5.74) is 1.03. The lowest BCUT2D eigenvalue weighted by atomic mass is 9.88. The first-order valence-corrected chi connectivity index (χ1v) is 8.60. The molecular formula is C19H23BrO3. The summed E-state index contributed by atoms with van der Waals surface area (Å²) in [7, 11) is 1.61. The molecule has 1 N–H and O–H groups in total. The van der Waals surface area contributed by atoms with E-state index in [-0.39, 0.29) is 0 Å². The topological polar surface area (TPSA) is 38.7 Å². The van der Waals surface area contributed by atoms with E-state index in [2.05, 4.69) is 15.9 Å². The van der Waals surface area contributed by atoms with E-state index in [0.29, 0.717) is 30.9 Å². The van der Waals surface area contributed by atoms with E-state index >= 15 is 0 Å². The van der Waals surface area contributed by atoms with Gasteiger partial charge in [-0.3, -0.25) is 0 Å². The fourth-order valence-electron chi connectivity index (χ4n) is 2.53. The highest BCUT2D eigenvalue weighted by Gasteiger charge is 2.29. The largest absolute Gasteiger partial charge is 0.493 e. The van der Waals surface area contributed by atoms with Gasteiger partial charge in [0.2, 0.25) is 0 Å². The predicted molar refractivity (Wildman–Crippen MR) is 95.9 cm³/mol. The summed E-state index contributed by atoms with van der Waals surface area (Å²) in [6.45, 7) is 4.41. The minimum Gasteiger partial charge on any atom is -0.493 e. The lowest BCUT2D eigenvalue weighted by molar-refractivity contribution is 0.0273. The van der Waals surface area contributed by atoms with Crippen LogP contribution in [0.1, 0.15) is 37.8 Å². The summed E-state index contributed by atoms with van der Waals surface area (Å²) in [4.78, 5) is 0. The van der Waals surface area contributed by atoms with Crippen molar-refractivity contribution in [1.82, 2.24) is 0 Å². The van der Waals surface area contributed by atoms with Crippen molar-refractivity contribution in [3.63, 3.8) is 0 Å². The van der Waals surface area contributed by atoms with Gasteiger partial charge in [-0.15, -0.1) is 0 Å². The SMILES string of the molecule is CCC(O)(CC)c1cc(OCc2ccccc2)c(OC)cc1Br. The Morgan fingerprint density at radius 1 is 1.04 bits per heavy atom. The first-order valence-electron chi connectivity index (χ1n) is 7.81. The molecular weight excluding hydrogens is 356 g/mol. The molecule has 0 unspecified atom stereocenters. The van der Waals surface area contributed by atoms with Crippen LogP contribution in [0.25, 0.3) is 0 Å². The zero-order chi connectivity index (χ0) is 16.9. The fourth-order valence-corrected chi connectivity index (χ4v) is 3.22. The average molecular weight is 379 g/mol. The molecule has 2 aromatic rings. The second kappa shape index (κ2) is 7.84. The van der Waals surface area contributed by atoms with Gasteiger partial charge < -0.3 is 14.6 Å². The zero-order valence-corrected chi connectivity index (χ0v) is 15.4. The molecule has 2 aromatic carbocycles. The van der Waals surface area contributed by atoms with Gasteiger partial charge in [0.1, 0.15) is 6.61 Å². The van der Waals surface area contributed by atoms with Crippen molar-refractivity contribution in [3.05, 3.63) is 58.1 Å². The van der Waals surface area contributed by atoms with Crippen LogP contribution in [0, 0.1) is 0 Å². The number of hydrogen-bond acceptors (Lipinski definition) is 3. The first-order chi connectivity index (χ1) is 11.0. The third kappa shape index (κ3) is 4.06. The summed E-state index contributed by atoms with van der Waals surface area (Å²) in [6, 6.07) is 13.7. The highest BCUT2D eigenvalue weighted by Crippen LogP contribution is 2.41. The smallest absolute Gasteiger partial charge is 0.162 e. The van der Waals surface area contributed by atoms with E-state index in [1.165, 1.54) is 0 Å². The van der Waals surface area contributed by atoms with E-state index < -0.39 is 5.60 Å². The van der Waals surface area contributed by atoms with Crippen LogP contribution >= 0.6 is 15.9 Å². The van der Waals surface area contributed by atoms with Crippen molar-refractivity contribution < 1.29 is 14.6 Å². The van der Waals surface area contributed by atoms with E-state index in [9.17, 15) is 5.11 Å². The third-order valence-electron chi connectivity index (χ3n) is 4.16. The number of aliphatic hydroxyl groups is 1. The van der Waals surface area contributed by atoms with Crippen molar-refractivity contribution in [2.75, 3.05) is 7.11 Å². The van der Waals surface area contributed by atoms with Crippen LogP contribution in [-0.4, -0.2) is 12.2 Å². The van der Waals surface area contributed by atoms with Crippen molar-refractivity contribution in [1.29, 1.82) is 0 Å². The number of methoxy groups -OCH3 is 1. The molecule has 0 spiro atoms. The average Bonchev–Trinajstić information content (AvgIpc) is 2.60. The van der Waals surface area contributed by atoms with E-state index in [1.807, 2.05) is 56.3 Å². The first kappa shape index (κ1) is 17.8. The van der Waals surface area contributed by atoms with E-state index in [4.69, 9.17) is 9.47 Å². The van der Waals surface area contributed by atoms with E-state index in [1.54, 1.807) is 7.11 Å². The molecule has 3 nitrogen and oxygen atoms in total. The molecule has 0 amide bonds. The Morgan fingerprint density at radius 3 is 2.26 bits per heavy atom. The Bertz CT molecular complexity index is 637. The molecule has 2 rings (SSSR count). The molecule has 0 fully saturated rings. The number of halogens is 1. The number of benzene rings is 2.